The van der Waals surface area contributed by atoms with Crippen LogP contribution in [0.2, 0.25) is 0 Å². The number of hydrogen-bond acceptors (Lipinski definition) is 3. The van der Waals surface area contributed by atoms with Crippen LogP contribution in [0.15, 0.2) is 17.5 Å². The number of rotatable bonds is 1. The average molecular weight is 238 g/mol. The summed E-state index contributed by atoms with van der Waals surface area (Å²) in [5, 5.41) is 9.21. The first-order chi connectivity index (χ1) is 7.68. The number of thiophene rings is 1. The quantitative estimate of drug-likeness (QED) is 0.549. The van der Waals surface area contributed by atoms with Gasteiger partial charge in [0.15, 0.2) is 5.96 Å². The van der Waals surface area contributed by atoms with E-state index in [1.54, 1.807) is 4.90 Å². The second-order valence-corrected chi connectivity index (χ2v) is 4.59. The number of guanidine groups is 1. The molecule has 2 heterocycles. The summed E-state index contributed by atoms with van der Waals surface area (Å²) in [5.41, 5.74) is 5.39. The molecule has 0 saturated carbocycles. The predicted octanol–water partition coefficient (Wildman–Crippen LogP) is 0.399. The average Bonchev–Trinajstić information content (AvgIpc) is 2.81. The zero-order valence-corrected chi connectivity index (χ0v) is 9.67. The molecule has 0 atom stereocenters. The van der Waals surface area contributed by atoms with Crippen LogP contribution < -0.4 is 5.73 Å². The van der Waals surface area contributed by atoms with Gasteiger partial charge in [-0.1, -0.05) is 6.07 Å². The van der Waals surface area contributed by atoms with Crippen molar-refractivity contribution in [2.75, 3.05) is 26.2 Å². The first kappa shape index (κ1) is 10.9. The summed E-state index contributed by atoms with van der Waals surface area (Å²) in [6, 6.07) is 3.72. The number of amides is 1. The van der Waals surface area contributed by atoms with E-state index in [4.69, 9.17) is 11.1 Å². The summed E-state index contributed by atoms with van der Waals surface area (Å²) in [7, 11) is 0. The fourth-order valence-electron chi connectivity index (χ4n) is 1.71. The zero-order chi connectivity index (χ0) is 11.5. The van der Waals surface area contributed by atoms with Crippen LogP contribution in [0.5, 0.6) is 0 Å². The molecule has 3 N–H and O–H groups in total. The number of nitrogens with two attached hydrogens (primary N) is 1. The molecular weight excluding hydrogens is 224 g/mol. The highest BCUT2D eigenvalue weighted by Gasteiger charge is 2.22. The van der Waals surface area contributed by atoms with Crippen molar-refractivity contribution < 1.29 is 4.79 Å². The number of carbonyl (C=O) groups excluding carboxylic acids is 1. The van der Waals surface area contributed by atoms with Crippen LogP contribution in [0.25, 0.3) is 0 Å². The Morgan fingerprint density at radius 3 is 2.44 bits per heavy atom. The SMILES string of the molecule is N=C(N)N1CCN(C(=O)c2cccs2)CC1. The van der Waals surface area contributed by atoms with E-state index in [1.807, 2.05) is 22.4 Å². The van der Waals surface area contributed by atoms with Crippen LogP contribution in [-0.4, -0.2) is 47.8 Å². The van der Waals surface area contributed by atoms with Crippen molar-refractivity contribution in [1.29, 1.82) is 5.41 Å². The van der Waals surface area contributed by atoms with Gasteiger partial charge in [0.2, 0.25) is 0 Å². The molecule has 0 aliphatic carbocycles. The van der Waals surface area contributed by atoms with E-state index in [0.29, 0.717) is 26.2 Å². The molecule has 5 nitrogen and oxygen atoms in total. The molecule has 1 saturated heterocycles. The molecule has 0 radical (unpaired) electrons. The molecule has 0 aromatic carbocycles. The summed E-state index contributed by atoms with van der Waals surface area (Å²) in [6.45, 7) is 2.56. The molecule has 16 heavy (non-hydrogen) atoms. The van der Waals surface area contributed by atoms with E-state index in [9.17, 15) is 4.79 Å². The van der Waals surface area contributed by atoms with Crippen molar-refractivity contribution >= 4 is 23.2 Å². The summed E-state index contributed by atoms with van der Waals surface area (Å²) in [5.74, 6) is 0.168. The molecule has 1 fully saturated rings. The van der Waals surface area contributed by atoms with E-state index < -0.39 is 0 Å². The molecule has 1 aliphatic rings. The molecule has 0 spiro atoms. The normalized spacial score (nSPS) is 16.2. The van der Waals surface area contributed by atoms with Crippen LogP contribution in [0.3, 0.4) is 0 Å². The molecule has 86 valence electrons. The first-order valence-corrected chi connectivity index (χ1v) is 5.98. The van der Waals surface area contributed by atoms with Crippen LogP contribution in [0.4, 0.5) is 0 Å². The minimum absolute atomic E-state index is 0.0817. The molecule has 1 amide bonds. The Morgan fingerprint density at radius 2 is 1.94 bits per heavy atom. The number of nitrogens with zero attached hydrogens (tertiary/aromatic N) is 2. The maximum absolute atomic E-state index is 12.0. The summed E-state index contributed by atoms with van der Waals surface area (Å²) < 4.78 is 0. The van der Waals surface area contributed by atoms with Crippen molar-refractivity contribution in [3.8, 4) is 0 Å². The highest BCUT2D eigenvalue weighted by molar-refractivity contribution is 7.12. The zero-order valence-electron chi connectivity index (χ0n) is 8.85. The van der Waals surface area contributed by atoms with Crippen LogP contribution in [0.1, 0.15) is 9.67 Å². The van der Waals surface area contributed by atoms with E-state index in [-0.39, 0.29) is 11.9 Å². The lowest BCUT2D eigenvalue weighted by molar-refractivity contribution is 0.0695. The van der Waals surface area contributed by atoms with Gasteiger partial charge in [-0.05, 0) is 11.4 Å². The molecule has 1 aromatic heterocycles. The molecule has 1 aromatic rings. The highest BCUT2D eigenvalue weighted by Crippen LogP contribution is 2.13. The van der Waals surface area contributed by atoms with Crippen LogP contribution in [-0.2, 0) is 0 Å². The van der Waals surface area contributed by atoms with Gasteiger partial charge in [-0.2, -0.15) is 0 Å². The summed E-state index contributed by atoms with van der Waals surface area (Å²) in [4.78, 5) is 16.3. The molecule has 2 rings (SSSR count). The number of piperazine rings is 1. The van der Waals surface area contributed by atoms with Gasteiger partial charge in [0.25, 0.3) is 5.91 Å². The molecule has 0 bridgehead atoms. The second kappa shape index (κ2) is 4.52. The standard InChI is InChI=1S/C10H14N4OS/c11-10(12)14-5-3-13(4-6-14)9(15)8-2-1-7-16-8/h1-2,7H,3-6H2,(H3,11,12). The maximum Gasteiger partial charge on any atom is 0.264 e. The van der Waals surface area contributed by atoms with Gasteiger partial charge >= 0.3 is 0 Å². The van der Waals surface area contributed by atoms with Crippen molar-refractivity contribution in [2.24, 2.45) is 5.73 Å². The molecule has 1 aliphatic heterocycles. The number of hydrogen-bond donors (Lipinski definition) is 2. The van der Waals surface area contributed by atoms with Crippen molar-refractivity contribution in [3.63, 3.8) is 0 Å². The predicted molar refractivity (Wildman–Crippen MR) is 63.7 cm³/mol. The van der Waals surface area contributed by atoms with Crippen LogP contribution >= 0.6 is 11.3 Å². The van der Waals surface area contributed by atoms with Gasteiger partial charge in [-0.25, -0.2) is 0 Å². The van der Waals surface area contributed by atoms with Gasteiger partial charge in [-0.3, -0.25) is 10.2 Å². The third-order valence-corrected chi connectivity index (χ3v) is 3.50. The van der Waals surface area contributed by atoms with E-state index in [2.05, 4.69) is 0 Å². The first-order valence-electron chi connectivity index (χ1n) is 5.10. The van der Waals surface area contributed by atoms with Gasteiger partial charge < -0.3 is 15.5 Å². The van der Waals surface area contributed by atoms with Crippen molar-refractivity contribution in [3.05, 3.63) is 22.4 Å². The maximum atomic E-state index is 12.0. The lowest BCUT2D eigenvalue weighted by Gasteiger charge is -2.34. The van der Waals surface area contributed by atoms with E-state index in [0.717, 1.165) is 4.88 Å². The smallest absolute Gasteiger partial charge is 0.264 e. The van der Waals surface area contributed by atoms with Crippen molar-refractivity contribution in [2.45, 2.75) is 0 Å². The van der Waals surface area contributed by atoms with Gasteiger partial charge in [0.1, 0.15) is 0 Å². The van der Waals surface area contributed by atoms with E-state index in [1.165, 1.54) is 11.3 Å². The Labute approximate surface area is 98.0 Å². The Balaban J connectivity index is 1.94. The highest BCUT2D eigenvalue weighted by atomic mass is 32.1. The Morgan fingerprint density at radius 1 is 1.31 bits per heavy atom. The largest absolute Gasteiger partial charge is 0.370 e. The Kier molecular flexibility index (Phi) is 3.09. The van der Waals surface area contributed by atoms with Gasteiger partial charge in [0.05, 0.1) is 4.88 Å². The van der Waals surface area contributed by atoms with Gasteiger partial charge in [-0.15, -0.1) is 11.3 Å². The van der Waals surface area contributed by atoms with E-state index >= 15 is 0 Å². The van der Waals surface area contributed by atoms with Crippen molar-refractivity contribution in [1.82, 2.24) is 9.80 Å². The lowest BCUT2D eigenvalue weighted by atomic mass is 10.3. The Hall–Kier alpha value is -1.56. The number of nitrogens with one attached hydrogen (secondary N) is 1. The monoisotopic (exact) mass is 238 g/mol. The summed E-state index contributed by atoms with van der Waals surface area (Å²) >= 11 is 1.46. The Bertz CT molecular complexity index is 382. The minimum atomic E-state index is 0.0817. The fourth-order valence-corrected chi connectivity index (χ4v) is 2.40. The van der Waals surface area contributed by atoms with Gasteiger partial charge in [0, 0.05) is 26.2 Å². The second-order valence-electron chi connectivity index (χ2n) is 3.64. The lowest BCUT2D eigenvalue weighted by Crippen LogP contribution is -2.52. The minimum Gasteiger partial charge on any atom is -0.370 e. The third-order valence-electron chi connectivity index (χ3n) is 2.64. The topological polar surface area (TPSA) is 73.4 Å². The fraction of sp³-hybridized carbons (Fsp3) is 0.400. The number of carbonyl (C=O) groups is 1. The summed E-state index contributed by atoms with van der Waals surface area (Å²) in [6.07, 6.45) is 0. The molecule has 6 heteroatoms. The molecular formula is C10H14N4OS. The third kappa shape index (κ3) is 2.16. The molecule has 0 unspecified atom stereocenters. The van der Waals surface area contributed by atoms with Crippen LogP contribution in [0, 0.1) is 5.41 Å².